The number of anilines is 1. The number of ketones is 1. The Morgan fingerprint density at radius 1 is 0.826 bits per heavy atom. The van der Waals surface area contributed by atoms with E-state index in [2.05, 4.69) is 15.6 Å². The van der Waals surface area contributed by atoms with Gasteiger partial charge in [-0.3, -0.25) is 29.1 Å². The van der Waals surface area contributed by atoms with Gasteiger partial charge in [0, 0.05) is 55.4 Å². The minimum absolute atomic E-state index is 0.00536. The van der Waals surface area contributed by atoms with Crippen LogP contribution in [0, 0.1) is 16.7 Å². The Labute approximate surface area is 532 Å². The fraction of sp³-hybridized carbons (Fsp3) is 0.484. The lowest BCUT2D eigenvalue weighted by atomic mass is 9.44. The first-order chi connectivity index (χ1) is 43.6. The molecule has 4 unspecified atom stereocenters. The average Bonchev–Trinajstić information content (AvgIpc) is 0.759. The van der Waals surface area contributed by atoms with Gasteiger partial charge in [0.25, 0.3) is 5.91 Å². The smallest absolute Gasteiger partial charge is 0.455 e. The van der Waals surface area contributed by atoms with Gasteiger partial charge in [-0.1, -0.05) is 102 Å². The van der Waals surface area contributed by atoms with E-state index in [9.17, 15) is 62.8 Å². The van der Waals surface area contributed by atoms with Crippen LogP contribution < -0.4 is 16.3 Å². The molecule has 2 saturated carbocycles. The summed E-state index contributed by atoms with van der Waals surface area (Å²) in [4.78, 5) is 129. The van der Waals surface area contributed by atoms with E-state index in [1.807, 2.05) is 0 Å². The lowest BCUT2D eigenvalue weighted by Crippen LogP contribution is -2.82. The number of amides is 2. The number of hydrogen-bond donors (Lipinski definition) is 6. The molecular weight excluding hydrogens is 1250 g/mol. The molecule has 2 aliphatic heterocycles. The number of nitrogens with zero attached hydrogens (tertiary/aromatic N) is 2. The monoisotopic (exact) mass is 1320 g/mol. The van der Waals surface area contributed by atoms with Crippen molar-refractivity contribution in [3.8, 4) is 0 Å². The van der Waals surface area contributed by atoms with Crippen molar-refractivity contribution in [2.75, 3.05) is 43.3 Å². The number of carbonyl (C=O) groups excluding carboxylic acids is 8. The lowest BCUT2D eigenvalue weighted by Gasteiger charge is -2.67. The second-order valence-electron chi connectivity index (χ2n) is 23.3. The third kappa shape index (κ3) is 13.4. The third-order valence-electron chi connectivity index (χ3n) is 17.4. The normalized spacial score (nSPS) is 29.0. The predicted octanol–water partition coefficient (Wildman–Crippen LogP) is 4.97. The number of esters is 4. The van der Waals surface area contributed by atoms with Gasteiger partial charge in [0.2, 0.25) is 12.3 Å². The van der Waals surface area contributed by atoms with Crippen LogP contribution in [0.4, 0.5) is 24.2 Å². The van der Waals surface area contributed by atoms with Crippen LogP contribution in [0.15, 0.2) is 119 Å². The number of carbonyl (C=O) groups is 8. The second-order valence-corrected chi connectivity index (χ2v) is 26.0. The van der Waals surface area contributed by atoms with E-state index in [-0.39, 0.29) is 64.8 Å². The summed E-state index contributed by atoms with van der Waals surface area (Å²) in [6, 6.07) is 22.8. The molecule has 2 amide bonds. The van der Waals surface area contributed by atoms with Crippen molar-refractivity contribution in [2.45, 2.75) is 133 Å². The van der Waals surface area contributed by atoms with E-state index in [0.717, 1.165) is 36.9 Å². The number of ether oxygens (including phenoxy) is 9. The van der Waals surface area contributed by atoms with Crippen molar-refractivity contribution in [3.05, 3.63) is 142 Å². The Balaban J connectivity index is 0.964. The van der Waals surface area contributed by atoms with Crippen LogP contribution >= 0.6 is 21.6 Å². The number of aliphatic hydroxyl groups excluding tert-OH is 3. The fourth-order valence-electron chi connectivity index (χ4n) is 12.8. The van der Waals surface area contributed by atoms with Crippen LogP contribution in [0.3, 0.4) is 0 Å². The average molecular weight is 1320 g/mol. The molecule has 0 spiro atoms. The Bertz CT molecular complexity index is 3530. The number of aliphatic hydroxyl groups is 4. The zero-order chi connectivity index (χ0) is 66.7. The zero-order valence-electron chi connectivity index (χ0n) is 50.4. The molecule has 3 aliphatic carbocycles. The number of aromatic nitrogens is 2. The Morgan fingerprint density at radius 2 is 1.45 bits per heavy atom. The Morgan fingerprint density at radius 3 is 2.02 bits per heavy atom. The maximum absolute atomic E-state index is 15.8. The number of fused-ring (bicyclic) bond motifs is 5. The molecule has 14 atom stereocenters. The molecule has 4 aromatic rings. The first kappa shape index (κ1) is 68.5. The number of halogens is 2. The highest BCUT2D eigenvalue weighted by Crippen LogP contribution is 2.64. The molecule has 3 heterocycles. The number of alkyl halides is 2. The SMILES string of the molecule is CC(=O)O[C@H]1C(=O)[C@@]2(C)[C@H]([C@H](OC(=O)c3ccccc3)[C@]3(O)CC(OC(=O)[C@H](OC(=O)OCCSSCCOC(=O)Nc4ccn(C5OC(CO)C(O)C5(F)F)c(=O)n4)[C@@H](NC(=O)c4ccccc4)c4ccccc4)C(C)=C1C3(C)C)[C@]1(OC(C)=O)CO[C@@H]1C[C@@H]2O. The first-order valence-electron chi connectivity index (χ1n) is 29.0. The van der Waals surface area contributed by atoms with Crippen LogP contribution in [0.25, 0.3) is 0 Å². The predicted molar refractivity (Wildman–Crippen MR) is 318 cm³/mol. The molecule has 5 aliphatic rings. The molecule has 6 N–H and O–H groups in total. The van der Waals surface area contributed by atoms with Crippen molar-refractivity contribution in [1.29, 1.82) is 0 Å². The van der Waals surface area contributed by atoms with E-state index in [1.165, 1.54) is 74.9 Å². The van der Waals surface area contributed by atoms with Crippen LogP contribution in [-0.2, 0) is 61.8 Å². The van der Waals surface area contributed by atoms with Crippen LogP contribution in [-0.4, -0.2) is 182 Å². The topological polar surface area (TPSA) is 360 Å². The Kier molecular flexibility index (Phi) is 20.7. The molecule has 3 aromatic carbocycles. The summed E-state index contributed by atoms with van der Waals surface area (Å²) >= 11 is 0. The fourth-order valence-corrected chi connectivity index (χ4v) is 14.4. The molecule has 30 heteroatoms. The van der Waals surface area contributed by atoms with E-state index in [4.69, 9.17) is 42.6 Å². The summed E-state index contributed by atoms with van der Waals surface area (Å²) in [5, 5.41) is 50.4. The van der Waals surface area contributed by atoms with Gasteiger partial charge in [-0.05, 0) is 60.9 Å². The summed E-state index contributed by atoms with van der Waals surface area (Å²) < 4.78 is 81.9. The van der Waals surface area contributed by atoms with Gasteiger partial charge in [-0.15, -0.1) is 0 Å². The minimum Gasteiger partial charge on any atom is -0.455 e. The summed E-state index contributed by atoms with van der Waals surface area (Å²) in [5.41, 5.74) is -9.40. The highest BCUT2D eigenvalue weighted by molar-refractivity contribution is 8.76. The van der Waals surface area contributed by atoms with E-state index < -0.39 is 168 Å². The molecule has 494 valence electrons. The summed E-state index contributed by atoms with van der Waals surface area (Å²) in [7, 11) is 2.32. The molecule has 4 fully saturated rings. The van der Waals surface area contributed by atoms with Gasteiger partial charge < -0.3 is 68.4 Å². The van der Waals surface area contributed by atoms with Gasteiger partial charge in [0.15, 0.2) is 23.6 Å². The molecule has 92 heavy (non-hydrogen) atoms. The van der Waals surface area contributed by atoms with Gasteiger partial charge >= 0.3 is 47.7 Å². The standard InChI is InChI=1S/C62H68F2N4O22S2/c1-32-38(29-61(81)50(89-52(76)37-20-14-9-15-21-37)47-59(6,40(72)28-41-60(47,31-84-41)90-34(3)71)49(74)45(85-33(2)70)43(32)58(61,4)5)86-53(77)46(44(35-16-10-7-11-17-35)67-51(75)36-18-12-8-13-19-36)88-57(80)83-25-27-92-91-26-24-82-56(79)66-42-22-23-68(55(78)65-42)54-62(63,64)48(73)39(30-69)87-54/h7-23,38-41,44-48,50,54,69,72-73,81H,24-31H2,1-6H3,(H,67,75)(H,65,66,78,79)/t38?,39?,40-,41+,44-,45+,46+,47-,48?,50-,54?,59+,60-,61+/m0/s1. The lowest BCUT2D eigenvalue weighted by molar-refractivity contribution is -0.346. The largest absolute Gasteiger partial charge is 0.509 e. The number of nitrogens with one attached hydrogen (secondary N) is 2. The van der Waals surface area contributed by atoms with Crippen LogP contribution in [0.1, 0.15) is 92.9 Å². The molecule has 1 aromatic heterocycles. The summed E-state index contributed by atoms with van der Waals surface area (Å²) in [6.45, 7) is 6.07. The quantitative estimate of drug-likeness (QED) is 0.0211. The minimum atomic E-state index is -3.96. The zero-order valence-corrected chi connectivity index (χ0v) is 52.1. The highest BCUT2D eigenvalue weighted by atomic mass is 33.1. The number of Topliss-reactive ketones (excluding diaryl/α,β-unsaturated/α-hetero) is 1. The van der Waals surface area contributed by atoms with E-state index in [0.29, 0.717) is 4.57 Å². The third-order valence-corrected chi connectivity index (χ3v) is 19.8. The van der Waals surface area contributed by atoms with Gasteiger partial charge in [0.05, 0.1) is 36.2 Å². The molecule has 2 saturated heterocycles. The van der Waals surface area contributed by atoms with E-state index in [1.54, 1.807) is 54.6 Å². The van der Waals surface area contributed by atoms with Gasteiger partial charge in [-0.25, -0.2) is 24.0 Å². The molecule has 26 nitrogen and oxygen atoms in total. The molecular formula is C62H68F2N4O22S2. The molecule has 0 radical (unpaired) electrons. The highest BCUT2D eigenvalue weighted by Gasteiger charge is 2.78. The second kappa shape index (κ2) is 27.8. The summed E-state index contributed by atoms with van der Waals surface area (Å²) in [6.07, 6.45) is -19.5. The van der Waals surface area contributed by atoms with Crippen molar-refractivity contribution in [1.82, 2.24) is 14.9 Å². The van der Waals surface area contributed by atoms with Crippen molar-refractivity contribution in [3.63, 3.8) is 0 Å². The Hall–Kier alpha value is -7.84. The summed E-state index contributed by atoms with van der Waals surface area (Å²) in [5.74, 6) is -11.6. The van der Waals surface area contributed by atoms with E-state index >= 15 is 9.59 Å². The number of rotatable bonds is 21. The van der Waals surface area contributed by atoms with Gasteiger partial charge in [0.1, 0.15) is 55.1 Å². The maximum atomic E-state index is 15.8. The van der Waals surface area contributed by atoms with Crippen LogP contribution in [0.2, 0.25) is 0 Å². The van der Waals surface area contributed by atoms with Crippen molar-refractivity contribution in [2.24, 2.45) is 16.7 Å². The first-order valence-corrected chi connectivity index (χ1v) is 31.5. The van der Waals surface area contributed by atoms with Crippen molar-refractivity contribution >= 4 is 75.2 Å². The number of hydrogen-bond acceptors (Lipinski definition) is 25. The maximum Gasteiger partial charge on any atom is 0.509 e. The van der Waals surface area contributed by atoms with Crippen molar-refractivity contribution < 1.29 is 110 Å². The molecule has 9 rings (SSSR count). The van der Waals surface area contributed by atoms with Crippen LogP contribution in [0.5, 0.6) is 0 Å². The molecule has 2 bridgehead atoms. The number of benzene rings is 3. The van der Waals surface area contributed by atoms with Gasteiger partial charge in [-0.2, -0.15) is 13.8 Å².